The molecule has 7 nitrogen and oxygen atoms in total. The second kappa shape index (κ2) is 6.73. The summed E-state index contributed by atoms with van der Waals surface area (Å²) in [5, 5.41) is 11.4. The molecule has 1 fully saturated rings. The highest BCUT2D eigenvalue weighted by atomic mass is 16.6. The lowest BCUT2D eigenvalue weighted by Gasteiger charge is -2.37. The van der Waals surface area contributed by atoms with Crippen LogP contribution in [0, 0.1) is 10.1 Å². The average molecular weight is 293 g/mol. The SMILES string of the molecule is CCN1CCC(N(C)c2cccc(NN)c2[N+](=O)[O-])CC1. The Bertz CT molecular complexity index is 500. The van der Waals surface area contributed by atoms with Crippen molar-refractivity contribution in [3.63, 3.8) is 0 Å². The van der Waals surface area contributed by atoms with Crippen LogP contribution in [-0.2, 0) is 0 Å². The zero-order valence-corrected chi connectivity index (χ0v) is 12.6. The minimum Gasteiger partial charge on any atom is -0.366 e. The van der Waals surface area contributed by atoms with Crippen LogP contribution in [0.4, 0.5) is 17.1 Å². The van der Waals surface area contributed by atoms with Gasteiger partial charge in [0.15, 0.2) is 0 Å². The van der Waals surface area contributed by atoms with Gasteiger partial charge in [0.1, 0.15) is 11.4 Å². The molecule has 21 heavy (non-hydrogen) atoms. The van der Waals surface area contributed by atoms with Gasteiger partial charge in [-0.05, 0) is 31.5 Å². The number of nitrogens with one attached hydrogen (secondary N) is 1. The topological polar surface area (TPSA) is 87.7 Å². The maximum atomic E-state index is 11.4. The summed E-state index contributed by atoms with van der Waals surface area (Å²) in [5.41, 5.74) is 3.42. The van der Waals surface area contributed by atoms with Gasteiger partial charge >= 0.3 is 5.69 Å². The van der Waals surface area contributed by atoms with Crippen LogP contribution in [0.1, 0.15) is 19.8 Å². The Hall–Kier alpha value is -1.86. The zero-order valence-electron chi connectivity index (χ0n) is 12.6. The van der Waals surface area contributed by atoms with Crippen molar-refractivity contribution >= 4 is 17.1 Å². The number of rotatable bonds is 5. The summed E-state index contributed by atoms with van der Waals surface area (Å²) in [5.74, 6) is 5.39. The number of nitrogens with zero attached hydrogens (tertiary/aromatic N) is 3. The van der Waals surface area contributed by atoms with Gasteiger partial charge in [0.25, 0.3) is 0 Å². The molecular weight excluding hydrogens is 270 g/mol. The summed E-state index contributed by atoms with van der Waals surface area (Å²) < 4.78 is 0. The van der Waals surface area contributed by atoms with E-state index in [0.717, 1.165) is 32.5 Å². The number of anilines is 2. The number of para-hydroxylation sites is 1. The molecule has 0 unspecified atom stereocenters. The predicted molar refractivity (Wildman–Crippen MR) is 84.4 cm³/mol. The van der Waals surface area contributed by atoms with Gasteiger partial charge in [0, 0.05) is 26.2 Å². The molecule has 7 heteroatoms. The van der Waals surface area contributed by atoms with Crippen LogP contribution in [0.2, 0.25) is 0 Å². The first-order chi connectivity index (χ1) is 10.1. The molecule has 3 N–H and O–H groups in total. The Labute approximate surface area is 124 Å². The van der Waals surface area contributed by atoms with Gasteiger partial charge in [-0.3, -0.25) is 16.0 Å². The lowest BCUT2D eigenvalue weighted by molar-refractivity contribution is -0.383. The molecule has 1 aliphatic rings. The zero-order chi connectivity index (χ0) is 15.4. The fourth-order valence-corrected chi connectivity index (χ4v) is 2.94. The highest BCUT2D eigenvalue weighted by molar-refractivity contribution is 5.76. The van der Waals surface area contributed by atoms with Crippen LogP contribution < -0.4 is 16.2 Å². The fourth-order valence-electron chi connectivity index (χ4n) is 2.94. The van der Waals surface area contributed by atoms with Gasteiger partial charge in [0.2, 0.25) is 0 Å². The smallest absolute Gasteiger partial charge is 0.316 e. The van der Waals surface area contributed by atoms with Gasteiger partial charge in [-0.1, -0.05) is 13.0 Å². The Morgan fingerprint density at radius 1 is 1.48 bits per heavy atom. The predicted octanol–water partition coefficient (Wildman–Crippen LogP) is 1.80. The molecule has 0 radical (unpaired) electrons. The van der Waals surface area contributed by atoms with Crippen LogP contribution in [0.3, 0.4) is 0 Å². The molecule has 0 bridgehead atoms. The van der Waals surface area contributed by atoms with Gasteiger partial charge in [-0.15, -0.1) is 0 Å². The van der Waals surface area contributed by atoms with Gasteiger partial charge in [-0.2, -0.15) is 0 Å². The van der Waals surface area contributed by atoms with Crippen molar-refractivity contribution < 1.29 is 4.92 Å². The fraction of sp³-hybridized carbons (Fsp3) is 0.571. The van der Waals surface area contributed by atoms with Crippen molar-refractivity contribution in [3.05, 3.63) is 28.3 Å². The van der Waals surface area contributed by atoms with Crippen LogP contribution >= 0.6 is 0 Å². The quantitative estimate of drug-likeness (QED) is 0.489. The number of nitro groups is 1. The van der Waals surface area contributed by atoms with E-state index in [1.165, 1.54) is 0 Å². The van der Waals surface area contributed by atoms with Crippen molar-refractivity contribution in [2.75, 3.05) is 37.0 Å². The van der Waals surface area contributed by atoms with E-state index in [0.29, 0.717) is 17.4 Å². The molecule has 1 aliphatic heterocycles. The Balaban J connectivity index is 2.23. The molecule has 0 amide bonds. The lowest BCUT2D eigenvalue weighted by atomic mass is 10.0. The monoisotopic (exact) mass is 293 g/mol. The lowest BCUT2D eigenvalue weighted by Crippen LogP contribution is -2.43. The summed E-state index contributed by atoms with van der Waals surface area (Å²) in [6, 6.07) is 5.51. The summed E-state index contributed by atoms with van der Waals surface area (Å²) in [4.78, 5) is 15.4. The molecule has 0 aromatic heterocycles. The Kier molecular flexibility index (Phi) is 4.98. The van der Waals surface area contributed by atoms with E-state index in [1.807, 2.05) is 11.9 Å². The van der Waals surface area contributed by atoms with Gasteiger partial charge < -0.3 is 15.2 Å². The molecule has 2 rings (SSSR count). The van der Waals surface area contributed by atoms with E-state index in [1.54, 1.807) is 18.2 Å². The minimum atomic E-state index is -0.373. The van der Waals surface area contributed by atoms with Crippen molar-refractivity contribution in [2.45, 2.75) is 25.8 Å². The second-order valence-electron chi connectivity index (χ2n) is 5.35. The number of nitrogen functional groups attached to an aromatic ring is 1. The van der Waals surface area contributed by atoms with Crippen molar-refractivity contribution in [2.24, 2.45) is 5.84 Å². The number of nitro benzene ring substituents is 1. The van der Waals surface area contributed by atoms with Crippen LogP contribution in [0.15, 0.2) is 18.2 Å². The van der Waals surface area contributed by atoms with E-state index in [-0.39, 0.29) is 10.6 Å². The first-order valence-electron chi connectivity index (χ1n) is 7.27. The van der Waals surface area contributed by atoms with Crippen molar-refractivity contribution in [3.8, 4) is 0 Å². The van der Waals surface area contributed by atoms with Crippen LogP contribution in [-0.4, -0.2) is 42.5 Å². The van der Waals surface area contributed by atoms with Gasteiger partial charge in [-0.25, -0.2) is 0 Å². The van der Waals surface area contributed by atoms with Crippen molar-refractivity contribution in [1.29, 1.82) is 0 Å². The molecule has 116 valence electrons. The number of hydrazine groups is 1. The van der Waals surface area contributed by atoms with E-state index < -0.39 is 0 Å². The number of hydrogen-bond acceptors (Lipinski definition) is 6. The maximum absolute atomic E-state index is 11.4. The number of nitrogens with two attached hydrogens (primary N) is 1. The number of hydrogen-bond donors (Lipinski definition) is 2. The normalized spacial score (nSPS) is 16.7. The highest BCUT2D eigenvalue weighted by Crippen LogP contribution is 2.36. The third kappa shape index (κ3) is 3.25. The molecule has 0 atom stereocenters. The summed E-state index contributed by atoms with van der Waals surface area (Å²) in [6.45, 7) is 5.29. The van der Waals surface area contributed by atoms with E-state index >= 15 is 0 Å². The second-order valence-corrected chi connectivity index (χ2v) is 5.35. The van der Waals surface area contributed by atoms with Crippen LogP contribution in [0.5, 0.6) is 0 Å². The number of piperidine rings is 1. The molecule has 1 heterocycles. The highest BCUT2D eigenvalue weighted by Gasteiger charge is 2.28. The third-order valence-electron chi connectivity index (χ3n) is 4.28. The summed E-state index contributed by atoms with van der Waals surface area (Å²) in [7, 11) is 1.93. The van der Waals surface area contributed by atoms with Gasteiger partial charge in [0.05, 0.1) is 4.92 Å². The molecule has 0 aliphatic carbocycles. The molecule has 0 saturated carbocycles. The summed E-state index contributed by atoms with van der Waals surface area (Å²) >= 11 is 0. The first-order valence-corrected chi connectivity index (χ1v) is 7.27. The maximum Gasteiger partial charge on any atom is 0.316 e. The largest absolute Gasteiger partial charge is 0.366 e. The molecular formula is C14H23N5O2. The third-order valence-corrected chi connectivity index (χ3v) is 4.28. The minimum absolute atomic E-state index is 0.0421. The Morgan fingerprint density at radius 3 is 2.67 bits per heavy atom. The Morgan fingerprint density at radius 2 is 2.14 bits per heavy atom. The number of benzene rings is 1. The first kappa shape index (κ1) is 15.5. The molecule has 0 spiro atoms. The molecule has 1 saturated heterocycles. The number of likely N-dealkylation sites (tertiary alicyclic amines) is 1. The summed E-state index contributed by atoms with van der Waals surface area (Å²) in [6.07, 6.45) is 2.03. The standard InChI is InChI=1S/C14H23N5O2/c1-3-18-9-7-11(8-10-18)17(2)13-6-4-5-12(16-15)14(13)19(20)21/h4-6,11,16H,3,7-10,15H2,1-2H3. The van der Waals surface area contributed by atoms with Crippen LogP contribution in [0.25, 0.3) is 0 Å². The average Bonchev–Trinajstić information content (AvgIpc) is 2.53. The van der Waals surface area contributed by atoms with E-state index in [9.17, 15) is 10.1 Å². The van der Waals surface area contributed by atoms with Crippen molar-refractivity contribution in [1.82, 2.24) is 4.90 Å². The molecule has 1 aromatic carbocycles. The van der Waals surface area contributed by atoms with E-state index in [4.69, 9.17) is 5.84 Å². The van der Waals surface area contributed by atoms with E-state index in [2.05, 4.69) is 17.2 Å². The molecule has 1 aromatic rings.